The minimum Gasteiger partial charge on any atom is -0.353 e. The van der Waals surface area contributed by atoms with Crippen LogP contribution in [0.25, 0.3) is 0 Å². The van der Waals surface area contributed by atoms with Gasteiger partial charge in [-0.05, 0) is 26.7 Å². The van der Waals surface area contributed by atoms with Gasteiger partial charge in [0, 0.05) is 36.4 Å². The zero-order valence-corrected chi connectivity index (χ0v) is 14.3. The third-order valence-electron chi connectivity index (χ3n) is 3.99. The molecule has 0 unspecified atom stereocenters. The van der Waals surface area contributed by atoms with E-state index in [-0.39, 0.29) is 11.9 Å². The maximum absolute atomic E-state index is 12.3. The Morgan fingerprint density at radius 2 is 2.30 bits per heavy atom. The van der Waals surface area contributed by atoms with Crippen molar-refractivity contribution < 1.29 is 4.79 Å². The first-order chi connectivity index (χ1) is 11.1. The van der Waals surface area contributed by atoms with Crippen LogP contribution in [0.15, 0.2) is 18.6 Å². The quantitative estimate of drug-likeness (QED) is 0.926. The summed E-state index contributed by atoms with van der Waals surface area (Å²) in [6.07, 6.45) is 7.53. The number of hydrogen-bond donors (Lipinski definition) is 1. The van der Waals surface area contributed by atoms with Gasteiger partial charge in [0.15, 0.2) is 0 Å². The molecule has 0 bridgehead atoms. The molecule has 122 valence electrons. The number of aromatic nitrogens is 3. The minimum absolute atomic E-state index is 0.0457. The molecule has 2 aromatic heterocycles. The van der Waals surface area contributed by atoms with Crippen LogP contribution in [0.5, 0.6) is 0 Å². The van der Waals surface area contributed by atoms with Gasteiger partial charge in [0.1, 0.15) is 5.82 Å². The Kier molecular flexibility index (Phi) is 4.85. The second-order valence-electron chi connectivity index (χ2n) is 5.83. The maximum Gasteiger partial charge on any atom is 0.226 e. The molecule has 0 saturated carbocycles. The monoisotopic (exact) mass is 331 g/mol. The van der Waals surface area contributed by atoms with E-state index >= 15 is 0 Å². The third-order valence-corrected chi connectivity index (χ3v) is 4.92. The normalized spacial score (nSPS) is 18.0. The molecule has 1 fully saturated rings. The zero-order chi connectivity index (χ0) is 16.2. The van der Waals surface area contributed by atoms with Gasteiger partial charge in [0.2, 0.25) is 5.91 Å². The molecule has 0 spiro atoms. The number of anilines is 1. The molecular weight excluding hydrogens is 310 g/mol. The van der Waals surface area contributed by atoms with Gasteiger partial charge in [0.25, 0.3) is 0 Å². The maximum atomic E-state index is 12.3. The van der Waals surface area contributed by atoms with E-state index < -0.39 is 0 Å². The lowest BCUT2D eigenvalue weighted by molar-refractivity contribution is -0.121. The highest BCUT2D eigenvalue weighted by Gasteiger charge is 2.23. The highest BCUT2D eigenvalue weighted by atomic mass is 32.1. The second kappa shape index (κ2) is 7.04. The number of carbonyl (C=O) groups excluding carboxylic acids is 1. The van der Waals surface area contributed by atoms with E-state index in [0.29, 0.717) is 6.42 Å². The molecule has 1 aliphatic rings. The van der Waals surface area contributed by atoms with Crippen LogP contribution in [0.3, 0.4) is 0 Å². The van der Waals surface area contributed by atoms with Crippen LogP contribution in [0.1, 0.15) is 28.4 Å². The van der Waals surface area contributed by atoms with Gasteiger partial charge in [0.05, 0.1) is 23.3 Å². The number of thiazole rings is 1. The van der Waals surface area contributed by atoms with Crippen molar-refractivity contribution in [3.05, 3.63) is 34.2 Å². The van der Waals surface area contributed by atoms with Crippen molar-refractivity contribution in [2.45, 2.75) is 39.2 Å². The summed E-state index contributed by atoms with van der Waals surface area (Å²) in [5.41, 5.74) is 0.895. The summed E-state index contributed by atoms with van der Waals surface area (Å²) in [7, 11) is 0. The molecule has 0 radical (unpaired) electrons. The first-order valence-corrected chi connectivity index (χ1v) is 8.66. The lowest BCUT2D eigenvalue weighted by Crippen LogP contribution is -2.48. The van der Waals surface area contributed by atoms with Gasteiger partial charge in [-0.25, -0.2) is 9.97 Å². The van der Waals surface area contributed by atoms with Crippen molar-refractivity contribution in [2.24, 2.45) is 0 Å². The average Bonchev–Trinajstić information content (AvgIpc) is 2.86. The molecule has 1 amide bonds. The summed E-state index contributed by atoms with van der Waals surface area (Å²) in [5.74, 6) is 0.918. The van der Waals surface area contributed by atoms with Crippen molar-refractivity contribution in [2.75, 3.05) is 18.0 Å². The van der Waals surface area contributed by atoms with Gasteiger partial charge in [-0.15, -0.1) is 11.3 Å². The first-order valence-electron chi connectivity index (χ1n) is 7.85. The number of carbonyl (C=O) groups is 1. The predicted octanol–water partition coefficient (Wildman–Crippen LogP) is 1.88. The molecule has 1 N–H and O–H groups in total. The standard InChI is InChI=1S/C16H21N5OS/c1-11-14(19-12(2)23-11)8-16(22)20-13-4-3-7-21(10-13)15-9-17-5-6-18-15/h5-6,9,13H,3-4,7-8,10H2,1-2H3,(H,20,22)/t13-/m0/s1. The molecule has 1 saturated heterocycles. The molecule has 23 heavy (non-hydrogen) atoms. The van der Waals surface area contributed by atoms with Gasteiger partial charge in [-0.1, -0.05) is 0 Å². The molecule has 1 atom stereocenters. The van der Waals surface area contributed by atoms with E-state index in [0.717, 1.165) is 47.3 Å². The number of hydrogen-bond acceptors (Lipinski definition) is 6. The Balaban J connectivity index is 1.57. The van der Waals surface area contributed by atoms with Crippen molar-refractivity contribution in [1.82, 2.24) is 20.3 Å². The SMILES string of the molecule is Cc1nc(CC(=O)N[C@H]2CCCN(c3cnccn3)C2)c(C)s1. The van der Waals surface area contributed by atoms with Gasteiger partial charge in [-0.2, -0.15) is 0 Å². The van der Waals surface area contributed by atoms with Crippen LogP contribution < -0.4 is 10.2 Å². The fourth-order valence-electron chi connectivity index (χ4n) is 2.92. The van der Waals surface area contributed by atoms with E-state index in [1.807, 2.05) is 13.8 Å². The van der Waals surface area contributed by atoms with Crippen LogP contribution in [-0.2, 0) is 11.2 Å². The number of nitrogens with zero attached hydrogens (tertiary/aromatic N) is 4. The Morgan fingerprint density at radius 3 is 3.00 bits per heavy atom. The second-order valence-corrected chi connectivity index (χ2v) is 7.24. The summed E-state index contributed by atoms with van der Waals surface area (Å²) in [6.45, 7) is 5.72. The zero-order valence-electron chi connectivity index (χ0n) is 13.5. The van der Waals surface area contributed by atoms with E-state index in [1.165, 1.54) is 0 Å². The fraction of sp³-hybridized carbons (Fsp3) is 0.500. The fourth-order valence-corrected chi connectivity index (χ4v) is 3.76. The smallest absolute Gasteiger partial charge is 0.226 e. The molecule has 6 nitrogen and oxygen atoms in total. The third kappa shape index (κ3) is 4.04. The molecule has 1 aliphatic heterocycles. The first kappa shape index (κ1) is 15.9. The van der Waals surface area contributed by atoms with Crippen molar-refractivity contribution in [1.29, 1.82) is 0 Å². The van der Waals surface area contributed by atoms with Crippen LogP contribution in [-0.4, -0.2) is 40.0 Å². The van der Waals surface area contributed by atoms with E-state index in [1.54, 1.807) is 29.9 Å². The molecule has 0 aliphatic carbocycles. The summed E-state index contributed by atoms with van der Waals surface area (Å²) in [4.78, 5) is 28.5. The summed E-state index contributed by atoms with van der Waals surface area (Å²) < 4.78 is 0. The number of aryl methyl sites for hydroxylation is 2. The number of nitrogens with one attached hydrogen (secondary N) is 1. The van der Waals surface area contributed by atoms with Crippen molar-refractivity contribution in [3.63, 3.8) is 0 Å². The van der Waals surface area contributed by atoms with Gasteiger partial charge < -0.3 is 10.2 Å². The topological polar surface area (TPSA) is 71.0 Å². The minimum atomic E-state index is 0.0457. The summed E-state index contributed by atoms with van der Waals surface area (Å²) >= 11 is 1.64. The van der Waals surface area contributed by atoms with Crippen LogP contribution >= 0.6 is 11.3 Å². The molecule has 3 heterocycles. The average molecular weight is 331 g/mol. The highest BCUT2D eigenvalue weighted by Crippen LogP contribution is 2.18. The summed E-state index contributed by atoms with van der Waals surface area (Å²) in [6, 6.07) is 0.151. The lowest BCUT2D eigenvalue weighted by atomic mass is 10.1. The van der Waals surface area contributed by atoms with Crippen LogP contribution in [0, 0.1) is 13.8 Å². The molecular formula is C16H21N5OS. The Labute approximate surface area is 140 Å². The van der Waals surface area contributed by atoms with Crippen LogP contribution in [0.2, 0.25) is 0 Å². The number of piperidine rings is 1. The van der Waals surface area contributed by atoms with Gasteiger partial charge >= 0.3 is 0 Å². The summed E-state index contributed by atoms with van der Waals surface area (Å²) in [5, 5.41) is 4.15. The Bertz CT molecular complexity index is 672. The molecule has 0 aromatic carbocycles. The van der Waals surface area contributed by atoms with Crippen LogP contribution in [0.4, 0.5) is 5.82 Å². The highest BCUT2D eigenvalue weighted by molar-refractivity contribution is 7.11. The largest absolute Gasteiger partial charge is 0.353 e. The van der Waals surface area contributed by atoms with E-state index in [4.69, 9.17) is 0 Å². The molecule has 2 aromatic rings. The van der Waals surface area contributed by atoms with Gasteiger partial charge in [-0.3, -0.25) is 9.78 Å². The Morgan fingerprint density at radius 1 is 1.43 bits per heavy atom. The Hall–Kier alpha value is -2.02. The molecule has 3 rings (SSSR count). The molecule has 7 heteroatoms. The number of amides is 1. The van der Waals surface area contributed by atoms with Crippen molar-refractivity contribution >= 4 is 23.1 Å². The predicted molar refractivity (Wildman–Crippen MR) is 90.7 cm³/mol. The van der Waals surface area contributed by atoms with Crippen molar-refractivity contribution in [3.8, 4) is 0 Å². The van der Waals surface area contributed by atoms with E-state index in [2.05, 4.69) is 25.2 Å². The van der Waals surface area contributed by atoms with E-state index in [9.17, 15) is 4.79 Å². The lowest BCUT2D eigenvalue weighted by Gasteiger charge is -2.33. The number of rotatable bonds is 4.